The molecule has 1 fully saturated rings. The molecule has 1 N–H and O–H groups in total. The fraction of sp³-hybridized carbons (Fsp3) is 0.500. The van der Waals surface area contributed by atoms with Gasteiger partial charge in [-0.2, -0.15) is 0 Å². The Morgan fingerprint density at radius 1 is 1.23 bits per heavy atom. The molecule has 0 spiro atoms. The molecule has 0 aliphatic carbocycles. The molecule has 1 saturated heterocycles. The fourth-order valence-corrected chi connectivity index (χ4v) is 3.59. The van der Waals surface area contributed by atoms with Gasteiger partial charge in [-0.05, 0) is 18.9 Å². The lowest BCUT2D eigenvalue weighted by atomic mass is 9.95. The number of anilines is 1. The fourth-order valence-electron chi connectivity index (χ4n) is 3.59. The number of aromatic nitrogens is 1. The quantitative estimate of drug-likeness (QED) is 0.677. The largest absolute Gasteiger partial charge is 0.379 e. The standard InChI is InChI=1S/C22H30N4O4/c1-3-19(18-7-5-4-6-8-18)22(28)26(10-9-25-11-13-29-14-12-25)16-21(27)23-20-15-17(2)30-24-20/h4-8,15,19H,3,9-14,16H2,1-2H3,(H,23,24,27). The van der Waals surface area contributed by atoms with Gasteiger partial charge in [-0.1, -0.05) is 42.4 Å². The van der Waals surface area contributed by atoms with E-state index >= 15 is 0 Å². The van der Waals surface area contributed by atoms with Crippen LogP contribution >= 0.6 is 0 Å². The highest BCUT2D eigenvalue weighted by molar-refractivity contribution is 5.95. The molecule has 30 heavy (non-hydrogen) atoms. The molecule has 3 rings (SSSR count). The summed E-state index contributed by atoms with van der Waals surface area (Å²) in [6, 6.07) is 11.4. The Morgan fingerprint density at radius 2 is 1.97 bits per heavy atom. The van der Waals surface area contributed by atoms with Gasteiger partial charge in [0, 0.05) is 32.2 Å². The second kappa shape index (κ2) is 10.9. The summed E-state index contributed by atoms with van der Waals surface area (Å²) in [5.74, 6) is 0.358. The van der Waals surface area contributed by atoms with Gasteiger partial charge in [0.25, 0.3) is 0 Å². The lowest BCUT2D eigenvalue weighted by Crippen LogP contribution is -2.46. The highest BCUT2D eigenvalue weighted by atomic mass is 16.5. The Morgan fingerprint density at radius 3 is 2.60 bits per heavy atom. The summed E-state index contributed by atoms with van der Waals surface area (Å²) in [4.78, 5) is 29.9. The van der Waals surface area contributed by atoms with E-state index in [1.165, 1.54) is 0 Å². The number of carbonyl (C=O) groups excluding carboxylic acids is 2. The number of morpholine rings is 1. The number of ether oxygens (including phenoxy) is 1. The van der Waals surface area contributed by atoms with Crippen molar-refractivity contribution < 1.29 is 18.8 Å². The van der Waals surface area contributed by atoms with Crippen LogP contribution in [0.1, 0.15) is 30.6 Å². The Kier molecular flexibility index (Phi) is 7.98. The zero-order valence-electron chi connectivity index (χ0n) is 17.7. The van der Waals surface area contributed by atoms with Crippen molar-refractivity contribution in [3.05, 3.63) is 47.7 Å². The molecule has 2 amide bonds. The first kappa shape index (κ1) is 22.0. The van der Waals surface area contributed by atoms with Crippen molar-refractivity contribution in [2.45, 2.75) is 26.2 Å². The number of rotatable bonds is 9. The maximum atomic E-state index is 13.4. The molecule has 1 aliphatic rings. The van der Waals surface area contributed by atoms with Crippen LogP contribution in [0, 0.1) is 6.92 Å². The van der Waals surface area contributed by atoms with E-state index in [0.29, 0.717) is 44.3 Å². The number of hydrogen-bond acceptors (Lipinski definition) is 6. The van der Waals surface area contributed by atoms with E-state index in [9.17, 15) is 9.59 Å². The molecular formula is C22H30N4O4. The van der Waals surface area contributed by atoms with E-state index in [-0.39, 0.29) is 24.3 Å². The summed E-state index contributed by atoms with van der Waals surface area (Å²) in [5.41, 5.74) is 0.967. The Labute approximate surface area is 177 Å². The van der Waals surface area contributed by atoms with Crippen LogP contribution in [0.3, 0.4) is 0 Å². The summed E-state index contributed by atoms with van der Waals surface area (Å²) < 4.78 is 10.4. The molecule has 0 radical (unpaired) electrons. The highest BCUT2D eigenvalue weighted by Gasteiger charge is 2.27. The zero-order valence-corrected chi connectivity index (χ0v) is 17.7. The molecule has 1 aliphatic heterocycles. The van der Waals surface area contributed by atoms with Crippen LogP contribution in [-0.4, -0.2) is 72.7 Å². The van der Waals surface area contributed by atoms with Crippen LogP contribution in [0.2, 0.25) is 0 Å². The maximum absolute atomic E-state index is 13.4. The minimum atomic E-state index is -0.290. The summed E-state index contributed by atoms with van der Waals surface area (Å²) in [7, 11) is 0. The Bertz CT molecular complexity index is 818. The Balaban J connectivity index is 1.69. The topological polar surface area (TPSA) is 87.9 Å². The lowest BCUT2D eigenvalue weighted by Gasteiger charge is -2.31. The average molecular weight is 415 g/mol. The molecule has 8 heteroatoms. The normalized spacial score (nSPS) is 15.5. The van der Waals surface area contributed by atoms with Crippen molar-refractivity contribution in [2.75, 3.05) is 51.3 Å². The third-order valence-corrected chi connectivity index (χ3v) is 5.24. The molecule has 2 aromatic rings. The summed E-state index contributed by atoms with van der Waals surface area (Å²) >= 11 is 0. The third kappa shape index (κ3) is 6.14. The molecule has 0 saturated carbocycles. The van der Waals surface area contributed by atoms with Gasteiger partial charge < -0.3 is 19.5 Å². The number of aryl methyl sites for hydroxylation is 1. The van der Waals surface area contributed by atoms with Gasteiger partial charge in [0.15, 0.2) is 5.82 Å². The lowest BCUT2D eigenvalue weighted by molar-refractivity contribution is -0.136. The first-order valence-corrected chi connectivity index (χ1v) is 10.4. The van der Waals surface area contributed by atoms with Crippen molar-refractivity contribution in [1.29, 1.82) is 0 Å². The zero-order chi connectivity index (χ0) is 21.3. The number of benzene rings is 1. The third-order valence-electron chi connectivity index (χ3n) is 5.24. The molecule has 162 valence electrons. The van der Waals surface area contributed by atoms with Gasteiger partial charge in [-0.25, -0.2) is 0 Å². The number of carbonyl (C=O) groups is 2. The van der Waals surface area contributed by atoms with Crippen molar-refractivity contribution >= 4 is 17.6 Å². The van der Waals surface area contributed by atoms with Gasteiger partial charge in [-0.3, -0.25) is 14.5 Å². The second-order valence-corrected chi connectivity index (χ2v) is 7.46. The van der Waals surface area contributed by atoms with Crippen molar-refractivity contribution in [3.63, 3.8) is 0 Å². The van der Waals surface area contributed by atoms with E-state index in [1.807, 2.05) is 37.3 Å². The van der Waals surface area contributed by atoms with Crippen LogP contribution in [0.4, 0.5) is 5.82 Å². The van der Waals surface area contributed by atoms with Crippen LogP contribution < -0.4 is 5.32 Å². The number of nitrogens with one attached hydrogen (secondary N) is 1. The van der Waals surface area contributed by atoms with Crippen molar-refractivity contribution in [3.8, 4) is 0 Å². The van der Waals surface area contributed by atoms with E-state index in [0.717, 1.165) is 18.7 Å². The first-order chi connectivity index (χ1) is 14.6. The minimum absolute atomic E-state index is 0.0294. The van der Waals surface area contributed by atoms with Crippen LogP contribution in [-0.2, 0) is 14.3 Å². The molecule has 2 heterocycles. The van der Waals surface area contributed by atoms with Crippen molar-refractivity contribution in [1.82, 2.24) is 15.0 Å². The van der Waals surface area contributed by atoms with Gasteiger partial charge >= 0.3 is 0 Å². The summed E-state index contributed by atoms with van der Waals surface area (Å²) in [5, 5.41) is 6.51. The molecule has 8 nitrogen and oxygen atoms in total. The SMILES string of the molecule is CCC(C(=O)N(CCN1CCOCC1)CC(=O)Nc1cc(C)on1)c1ccccc1. The summed E-state index contributed by atoms with van der Waals surface area (Å²) in [6.07, 6.45) is 0.668. The highest BCUT2D eigenvalue weighted by Crippen LogP contribution is 2.22. The van der Waals surface area contributed by atoms with E-state index in [2.05, 4.69) is 15.4 Å². The van der Waals surface area contributed by atoms with E-state index in [4.69, 9.17) is 9.26 Å². The smallest absolute Gasteiger partial charge is 0.245 e. The van der Waals surface area contributed by atoms with Crippen LogP contribution in [0.15, 0.2) is 40.9 Å². The van der Waals surface area contributed by atoms with Crippen LogP contribution in [0.5, 0.6) is 0 Å². The van der Waals surface area contributed by atoms with Gasteiger partial charge in [-0.15, -0.1) is 0 Å². The number of hydrogen-bond donors (Lipinski definition) is 1. The van der Waals surface area contributed by atoms with Gasteiger partial charge in [0.2, 0.25) is 11.8 Å². The van der Waals surface area contributed by atoms with E-state index in [1.54, 1.807) is 17.9 Å². The predicted octanol–water partition coefficient (Wildman–Crippen LogP) is 2.28. The average Bonchev–Trinajstić information content (AvgIpc) is 3.17. The second-order valence-electron chi connectivity index (χ2n) is 7.46. The maximum Gasteiger partial charge on any atom is 0.245 e. The van der Waals surface area contributed by atoms with Crippen LogP contribution in [0.25, 0.3) is 0 Å². The van der Waals surface area contributed by atoms with Gasteiger partial charge in [0.1, 0.15) is 5.76 Å². The molecule has 1 atom stereocenters. The predicted molar refractivity (Wildman–Crippen MR) is 113 cm³/mol. The first-order valence-electron chi connectivity index (χ1n) is 10.4. The molecule has 1 aromatic heterocycles. The van der Waals surface area contributed by atoms with E-state index < -0.39 is 0 Å². The number of amides is 2. The molecule has 1 aromatic carbocycles. The minimum Gasteiger partial charge on any atom is -0.379 e. The summed E-state index contributed by atoms with van der Waals surface area (Å²) in [6.45, 7) is 7.97. The monoisotopic (exact) mass is 414 g/mol. The number of nitrogens with zero attached hydrogens (tertiary/aromatic N) is 3. The van der Waals surface area contributed by atoms with Gasteiger partial charge in [0.05, 0.1) is 25.7 Å². The van der Waals surface area contributed by atoms with Crippen molar-refractivity contribution in [2.24, 2.45) is 0 Å². The molecule has 0 bridgehead atoms. The molecular weight excluding hydrogens is 384 g/mol. The Hall–Kier alpha value is -2.71. The molecule has 1 unspecified atom stereocenters.